The molecule has 0 aliphatic heterocycles. The molecule has 0 saturated carbocycles. The van der Waals surface area contributed by atoms with Crippen molar-refractivity contribution < 1.29 is 4.74 Å². The minimum atomic E-state index is 0.136. The lowest BCUT2D eigenvalue weighted by Gasteiger charge is -2.22. The first-order valence-corrected chi connectivity index (χ1v) is 8.34. The van der Waals surface area contributed by atoms with Crippen LogP contribution in [-0.2, 0) is 5.41 Å². The summed E-state index contributed by atoms with van der Waals surface area (Å²) in [6.07, 6.45) is 3.58. The van der Waals surface area contributed by atoms with Crippen LogP contribution in [0.15, 0.2) is 24.3 Å². The van der Waals surface area contributed by atoms with Crippen molar-refractivity contribution >= 4 is 0 Å². The Bertz CT molecular complexity index is 393. The Labute approximate surface area is 131 Å². The molecule has 21 heavy (non-hydrogen) atoms. The van der Waals surface area contributed by atoms with Crippen molar-refractivity contribution in [2.24, 2.45) is 5.92 Å². The maximum Gasteiger partial charge on any atom is 0.123 e. The van der Waals surface area contributed by atoms with Crippen LogP contribution in [0.1, 0.15) is 59.4 Å². The summed E-state index contributed by atoms with van der Waals surface area (Å²) in [5.41, 5.74) is 1.43. The van der Waals surface area contributed by atoms with Crippen molar-refractivity contribution in [3.63, 3.8) is 0 Å². The molecule has 1 aromatic rings. The topological polar surface area (TPSA) is 21.3 Å². The third-order valence-electron chi connectivity index (χ3n) is 3.50. The van der Waals surface area contributed by atoms with Crippen LogP contribution in [0.3, 0.4) is 0 Å². The Morgan fingerprint density at radius 3 is 2.43 bits per heavy atom. The summed E-state index contributed by atoms with van der Waals surface area (Å²) in [5.74, 6) is 1.78. The second-order valence-corrected chi connectivity index (χ2v) is 7.25. The zero-order valence-corrected chi connectivity index (χ0v) is 14.5. The van der Waals surface area contributed by atoms with Crippen LogP contribution in [0.25, 0.3) is 0 Å². The number of unbranched alkanes of at least 4 members (excludes halogenated alkanes) is 2. The summed E-state index contributed by atoms with van der Waals surface area (Å²) in [7, 11) is 0. The smallest absolute Gasteiger partial charge is 0.123 e. The molecule has 1 N–H and O–H groups in total. The lowest BCUT2D eigenvalue weighted by molar-refractivity contribution is 0.297. The van der Waals surface area contributed by atoms with E-state index in [1.807, 2.05) is 0 Å². The molecule has 1 aromatic carbocycles. The van der Waals surface area contributed by atoms with Gasteiger partial charge in [-0.1, -0.05) is 52.8 Å². The second-order valence-electron chi connectivity index (χ2n) is 7.25. The number of rotatable bonds is 9. The molecule has 0 aromatic heterocycles. The van der Waals surface area contributed by atoms with E-state index in [1.165, 1.54) is 18.4 Å². The van der Waals surface area contributed by atoms with Crippen molar-refractivity contribution in [1.29, 1.82) is 0 Å². The Hall–Kier alpha value is -1.02. The van der Waals surface area contributed by atoms with E-state index >= 15 is 0 Å². The van der Waals surface area contributed by atoms with Crippen LogP contribution in [0.4, 0.5) is 0 Å². The van der Waals surface area contributed by atoms with Crippen LogP contribution in [0.2, 0.25) is 0 Å². The van der Waals surface area contributed by atoms with E-state index in [1.54, 1.807) is 0 Å². The molecule has 0 aliphatic carbocycles. The lowest BCUT2D eigenvalue weighted by atomic mass is 9.86. The van der Waals surface area contributed by atoms with Gasteiger partial charge in [0.15, 0.2) is 0 Å². The van der Waals surface area contributed by atoms with Gasteiger partial charge in [-0.05, 0) is 55.3 Å². The van der Waals surface area contributed by atoms with E-state index in [9.17, 15) is 0 Å². The molecule has 120 valence electrons. The molecular weight excluding hydrogens is 258 g/mol. The zero-order chi connectivity index (χ0) is 15.7. The van der Waals surface area contributed by atoms with Gasteiger partial charge in [-0.25, -0.2) is 0 Å². The first-order chi connectivity index (χ1) is 9.91. The van der Waals surface area contributed by atoms with Crippen molar-refractivity contribution in [2.45, 2.75) is 59.3 Å². The number of para-hydroxylation sites is 1. The van der Waals surface area contributed by atoms with Gasteiger partial charge in [-0.2, -0.15) is 0 Å². The molecule has 0 fully saturated rings. The fraction of sp³-hybridized carbons (Fsp3) is 0.684. The van der Waals surface area contributed by atoms with Crippen molar-refractivity contribution in [1.82, 2.24) is 5.32 Å². The Morgan fingerprint density at radius 2 is 1.76 bits per heavy atom. The highest BCUT2D eigenvalue weighted by atomic mass is 16.5. The summed E-state index contributed by atoms with van der Waals surface area (Å²) in [6, 6.07) is 8.41. The summed E-state index contributed by atoms with van der Waals surface area (Å²) < 4.78 is 5.99. The third kappa shape index (κ3) is 7.52. The first kappa shape index (κ1) is 18.0. The minimum absolute atomic E-state index is 0.136. The predicted molar refractivity (Wildman–Crippen MR) is 92.2 cm³/mol. The van der Waals surface area contributed by atoms with Gasteiger partial charge in [0.25, 0.3) is 0 Å². The van der Waals surface area contributed by atoms with Gasteiger partial charge < -0.3 is 10.1 Å². The molecule has 0 atom stereocenters. The molecule has 0 heterocycles. The highest BCUT2D eigenvalue weighted by Gasteiger charge is 2.18. The van der Waals surface area contributed by atoms with Crippen molar-refractivity contribution in [3.05, 3.63) is 29.8 Å². The number of ether oxygens (including phenoxy) is 1. The Morgan fingerprint density at radius 1 is 1.05 bits per heavy atom. The maximum atomic E-state index is 5.99. The quantitative estimate of drug-likeness (QED) is 0.661. The minimum Gasteiger partial charge on any atom is -0.493 e. The van der Waals surface area contributed by atoms with Crippen LogP contribution in [0.5, 0.6) is 5.75 Å². The molecule has 0 spiro atoms. The maximum absolute atomic E-state index is 5.99. The van der Waals surface area contributed by atoms with Crippen LogP contribution >= 0.6 is 0 Å². The van der Waals surface area contributed by atoms with Crippen LogP contribution in [-0.4, -0.2) is 19.7 Å². The standard InChI is InChI=1S/C19H33NO/c1-16(2)15-20-13-9-6-10-14-21-18-12-8-7-11-17(18)19(3,4)5/h7-8,11-12,16,20H,6,9-10,13-15H2,1-5H3. The van der Waals surface area contributed by atoms with E-state index in [2.05, 4.69) is 64.2 Å². The normalized spacial score (nSPS) is 11.9. The van der Waals surface area contributed by atoms with Gasteiger partial charge in [0.2, 0.25) is 0 Å². The highest BCUT2D eigenvalue weighted by molar-refractivity contribution is 5.38. The van der Waals surface area contributed by atoms with Gasteiger partial charge in [-0.15, -0.1) is 0 Å². The SMILES string of the molecule is CC(C)CNCCCCCOc1ccccc1C(C)(C)C. The van der Waals surface area contributed by atoms with Gasteiger partial charge >= 0.3 is 0 Å². The highest BCUT2D eigenvalue weighted by Crippen LogP contribution is 2.30. The largest absolute Gasteiger partial charge is 0.493 e. The molecule has 1 rings (SSSR count). The second kappa shape index (κ2) is 9.09. The molecule has 0 amide bonds. The van der Waals surface area contributed by atoms with Crippen molar-refractivity contribution in [3.8, 4) is 5.75 Å². The van der Waals surface area contributed by atoms with E-state index in [0.717, 1.165) is 37.8 Å². The molecular formula is C19H33NO. The fourth-order valence-corrected chi connectivity index (χ4v) is 2.31. The number of hydrogen-bond acceptors (Lipinski definition) is 2. The Balaban J connectivity index is 2.22. The average Bonchev–Trinajstić information content (AvgIpc) is 2.41. The lowest BCUT2D eigenvalue weighted by Crippen LogP contribution is -2.20. The monoisotopic (exact) mass is 291 g/mol. The van der Waals surface area contributed by atoms with Gasteiger partial charge in [0, 0.05) is 0 Å². The zero-order valence-electron chi connectivity index (χ0n) is 14.5. The molecule has 0 radical (unpaired) electrons. The van der Waals surface area contributed by atoms with E-state index < -0.39 is 0 Å². The van der Waals surface area contributed by atoms with Gasteiger partial charge in [-0.3, -0.25) is 0 Å². The van der Waals surface area contributed by atoms with E-state index in [0.29, 0.717) is 0 Å². The van der Waals surface area contributed by atoms with E-state index in [-0.39, 0.29) is 5.41 Å². The number of hydrogen-bond donors (Lipinski definition) is 1. The molecule has 0 unspecified atom stereocenters. The summed E-state index contributed by atoms with van der Waals surface area (Å²) >= 11 is 0. The molecule has 0 bridgehead atoms. The number of benzene rings is 1. The average molecular weight is 291 g/mol. The molecule has 2 heteroatoms. The van der Waals surface area contributed by atoms with Crippen LogP contribution in [0, 0.1) is 5.92 Å². The van der Waals surface area contributed by atoms with Crippen molar-refractivity contribution in [2.75, 3.05) is 19.7 Å². The summed E-state index contributed by atoms with van der Waals surface area (Å²) in [5, 5.41) is 3.48. The summed E-state index contributed by atoms with van der Waals surface area (Å²) in [4.78, 5) is 0. The Kier molecular flexibility index (Phi) is 7.81. The first-order valence-electron chi connectivity index (χ1n) is 8.34. The molecule has 2 nitrogen and oxygen atoms in total. The number of nitrogens with one attached hydrogen (secondary N) is 1. The predicted octanol–water partition coefficient (Wildman–Crippen LogP) is 4.78. The summed E-state index contributed by atoms with van der Waals surface area (Å²) in [6.45, 7) is 14.2. The van der Waals surface area contributed by atoms with Gasteiger partial charge in [0.1, 0.15) is 5.75 Å². The third-order valence-corrected chi connectivity index (χ3v) is 3.50. The molecule has 0 aliphatic rings. The molecule has 0 saturated heterocycles. The van der Waals surface area contributed by atoms with Gasteiger partial charge in [0.05, 0.1) is 6.61 Å². The van der Waals surface area contributed by atoms with Crippen LogP contribution < -0.4 is 10.1 Å². The fourth-order valence-electron chi connectivity index (χ4n) is 2.31. The van der Waals surface area contributed by atoms with E-state index in [4.69, 9.17) is 4.74 Å².